The van der Waals surface area contributed by atoms with Crippen molar-refractivity contribution in [1.29, 1.82) is 0 Å². The van der Waals surface area contributed by atoms with E-state index in [4.69, 9.17) is 13.9 Å². The second-order valence-corrected chi connectivity index (χ2v) is 7.02. The van der Waals surface area contributed by atoms with E-state index in [1.54, 1.807) is 0 Å². The van der Waals surface area contributed by atoms with E-state index in [1.807, 2.05) is 0 Å². The highest BCUT2D eigenvalue weighted by Crippen LogP contribution is 2.41. The second-order valence-electron chi connectivity index (χ2n) is 7.02. The molecule has 1 fully saturated rings. The molecule has 0 aliphatic carbocycles. The van der Waals surface area contributed by atoms with Gasteiger partial charge in [-0.3, -0.25) is 4.79 Å². The molecule has 7 N–H and O–H groups in total. The van der Waals surface area contributed by atoms with Gasteiger partial charge in [0.25, 0.3) is 0 Å². The Bertz CT molecular complexity index is 1200. The molecule has 4 atom stereocenters. The van der Waals surface area contributed by atoms with Crippen LogP contribution in [0.5, 0.6) is 28.7 Å². The number of aliphatic hydroxyl groups excluding tert-OH is 3. The molecule has 1 aliphatic heterocycles. The number of phenolic OH excluding ortho intramolecular Hbond substituents is 4. The monoisotopic (exact) mass is 434 g/mol. The van der Waals surface area contributed by atoms with Crippen molar-refractivity contribution in [3.05, 3.63) is 40.6 Å². The van der Waals surface area contributed by atoms with E-state index in [2.05, 4.69) is 0 Å². The minimum Gasteiger partial charge on any atom is -0.508 e. The fraction of sp³-hybridized carbons (Fsp3) is 0.250. The number of aromatic hydroxyl groups is 4. The predicted molar refractivity (Wildman–Crippen MR) is 103 cm³/mol. The highest BCUT2D eigenvalue weighted by Gasteiger charge is 2.39. The summed E-state index contributed by atoms with van der Waals surface area (Å²) >= 11 is 0. The Hall–Kier alpha value is -3.51. The molecule has 2 heterocycles. The van der Waals surface area contributed by atoms with Gasteiger partial charge in [0.15, 0.2) is 16.9 Å². The lowest BCUT2D eigenvalue weighted by Gasteiger charge is -2.35. The zero-order valence-corrected chi connectivity index (χ0v) is 15.7. The molecule has 1 aliphatic rings. The normalized spacial score (nSPS) is 23.7. The van der Waals surface area contributed by atoms with Gasteiger partial charge in [-0.1, -0.05) is 0 Å². The minimum absolute atomic E-state index is 0.0676. The van der Waals surface area contributed by atoms with Crippen LogP contribution in [0.3, 0.4) is 0 Å². The third-order valence-electron chi connectivity index (χ3n) is 4.83. The summed E-state index contributed by atoms with van der Waals surface area (Å²) in [5, 5.41) is 68.9. The van der Waals surface area contributed by atoms with Crippen LogP contribution in [-0.4, -0.2) is 67.0 Å². The van der Waals surface area contributed by atoms with Crippen molar-refractivity contribution in [1.82, 2.24) is 0 Å². The summed E-state index contributed by atoms with van der Waals surface area (Å²) in [7, 11) is 0. The molecular weight excluding hydrogens is 416 g/mol. The van der Waals surface area contributed by atoms with E-state index >= 15 is 0 Å². The Morgan fingerprint density at radius 1 is 0.903 bits per heavy atom. The van der Waals surface area contributed by atoms with Gasteiger partial charge >= 0.3 is 0 Å². The third-order valence-corrected chi connectivity index (χ3v) is 4.83. The molecule has 4 rings (SSSR count). The summed E-state index contributed by atoms with van der Waals surface area (Å²) in [5.41, 5.74) is -0.692. The Morgan fingerprint density at radius 2 is 1.65 bits per heavy atom. The first-order valence-electron chi connectivity index (χ1n) is 9.04. The number of ether oxygens (including phenoxy) is 2. The summed E-state index contributed by atoms with van der Waals surface area (Å²) in [6.07, 6.45) is -6.02. The van der Waals surface area contributed by atoms with Crippen LogP contribution in [0.2, 0.25) is 0 Å². The predicted octanol–water partition coefficient (Wildman–Crippen LogP) is 0.100. The van der Waals surface area contributed by atoms with Crippen molar-refractivity contribution in [3.63, 3.8) is 0 Å². The van der Waals surface area contributed by atoms with E-state index in [0.29, 0.717) is 0 Å². The zero-order valence-electron chi connectivity index (χ0n) is 15.7. The van der Waals surface area contributed by atoms with Crippen LogP contribution >= 0.6 is 0 Å². The van der Waals surface area contributed by atoms with Crippen molar-refractivity contribution in [2.24, 2.45) is 0 Å². The fourth-order valence-corrected chi connectivity index (χ4v) is 3.23. The molecule has 1 aromatic heterocycles. The van der Waals surface area contributed by atoms with Crippen LogP contribution in [-0.2, 0) is 4.74 Å². The van der Waals surface area contributed by atoms with E-state index in [1.165, 1.54) is 6.07 Å². The second kappa shape index (κ2) is 7.63. The van der Waals surface area contributed by atoms with Crippen molar-refractivity contribution in [2.45, 2.75) is 24.6 Å². The minimum atomic E-state index is -1.65. The standard InChI is InChI=1S/C20H18O11/c21-8-3-9(22)16-10(23)5-13(30-14(16)4-8)7-1-11(24)17(26)15(2-7)31-20-19(28)18(27)12(25)6-29-20/h1-5,12,18-22,24-28H,6H2/t12-,18+,19-,20+/m1/s1. The molecule has 164 valence electrons. The average molecular weight is 434 g/mol. The van der Waals surface area contributed by atoms with Crippen LogP contribution in [0, 0.1) is 0 Å². The Labute approximate surface area is 173 Å². The molecule has 31 heavy (non-hydrogen) atoms. The van der Waals surface area contributed by atoms with Crippen molar-refractivity contribution < 1.29 is 49.6 Å². The quantitative estimate of drug-likeness (QED) is 0.277. The lowest BCUT2D eigenvalue weighted by atomic mass is 10.1. The molecule has 11 heteroatoms. The molecule has 3 aromatic rings. The first kappa shape index (κ1) is 20.8. The van der Waals surface area contributed by atoms with E-state index in [0.717, 1.165) is 24.3 Å². The molecule has 0 radical (unpaired) electrons. The van der Waals surface area contributed by atoms with Gasteiger partial charge in [-0.25, -0.2) is 0 Å². The van der Waals surface area contributed by atoms with Crippen molar-refractivity contribution >= 4 is 11.0 Å². The SMILES string of the molecule is O=c1cc(-c2cc(O)c(O)c(O[C@@H]3OC[C@@H](O)[C@H](O)[C@H]3O)c2)oc2cc(O)cc(O)c12. The molecule has 2 aromatic carbocycles. The summed E-state index contributed by atoms with van der Waals surface area (Å²) < 4.78 is 16.0. The van der Waals surface area contributed by atoms with E-state index < -0.39 is 47.3 Å². The highest BCUT2D eigenvalue weighted by molar-refractivity contribution is 5.86. The van der Waals surface area contributed by atoms with E-state index in [9.17, 15) is 40.5 Å². The molecule has 0 bridgehead atoms. The maximum absolute atomic E-state index is 12.4. The van der Waals surface area contributed by atoms with Gasteiger partial charge in [0.2, 0.25) is 12.0 Å². The number of rotatable bonds is 3. The van der Waals surface area contributed by atoms with Crippen LogP contribution in [0.4, 0.5) is 0 Å². The Balaban J connectivity index is 1.76. The van der Waals surface area contributed by atoms with Crippen LogP contribution in [0.25, 0.3) is 22.3 Å². The highest BCUT2D eigenvalue weighted by atomic mass is 16.7. The van der Waals surface area contributed by atoms with Gasteiger partial charge < -0.3 is 49.6 Å². The van der Waals surface area contributed by atoms with Crippen LogP contribution < -0.4 is 10.2 Å². The molecule has 11 nitrogen and oxygen atoms in total. The molecule has 0 spiro atoms. The third kappa shape index (κ3) is 3.70. The van der Waals surface area contributed by atoms with Gasteiger partial charge in [0.05, 0.1) is 6.61 Å². The van der Waals surface area contributed by atoms with Gasteiger partial charge in [-0.05, 0) is 12.1 Å². The van der Waals surface area contributed by atoms with Crippen LogP contribution in [0.1, 0.15) is 0 Å². The largest absolute Gasteiger partial charge is 0.508 e. The maximum atomic E-state index is 12.4. The van der Waals surface area contributed by atoms with Crippen LogP contribution in [0.15, 0.2) is 39.5 Å². The Kier molecular flexibility index (Phi) is 5.11. The van der Waals surface area contributed by atoms with Crippen molar-refractivity contribution in [2.75, 3.05) is 6.61 Å². The lowest BCUT2D eigenvalue weighted by molar-refractivity contribution is -0.242. The fourth-order valence-electron chi connectivity index (χ4n) is 3.23. The summed E-state index contributed by atoms with van der Waals surface area (Å²) in [5.74, 6) is -2.64. The smallest absolute Gasteiger partial charge is 0.229 e. The molecule has 0 unspecified atom stereocenters. The summed E-state index contributed by atoms with van der Waals surface area (Å²) in [4.78, 5) is 12.4. The number of benzene rings is 2. The molecular formula is C20H18O11. The zero-order chi connectivity index (χ0) is 22.4. The van der Waals surface area contributed by atoms with Gasteiger partial charge in [-0.15, -0.1) is 0 Å². The first-order chi connectivity index (χ1) is 14.7. The van der Waals surface area contributed by atoms with Gasteiger partial charge in [0, 0.05) is 23.8 Å². The number of hydrogen-bond acceptors (Lipinski definition) is 11. The average Bonchev–Trinajstić information content (AvgIpc) is 2.70. The number of fused-ring (bicyclic) bond motifs is 1. The Morgan fingerprint density at radius 3 is 2.39 bits per heavy atom. The van der Waals surface area contributed by atoms with Gasteiger partial charge in [-0.2, -0.15) is 0 Å². The first-order valence-corrected chi connectivity index (χ1v) is 9.04. The molecule has 1 saturated heterocycles. The molecule has 0 amide bonds. The summed E-state index contributed by atoms with van der Waals surface area (Å²) in [6, 6.07) is 5.39. The van der Waals surface area contributed by atoms with Crippen molar-refractivity contribution in [3.8, 4) is 40.1 Å². The van der Waals surface area contributed by atoms with Gasteiger partial charge in [0.1, 0.15) is 46.5 Å². The topological polar surface area (TPSA) is 190 Å². The molecule has 0 saturated carbocycles. The van der Waals surface area contributed by atoms with E-state index in [-0.39, 0.29) is 40.4 Å². The number of aliphatic hydroxyl groups is 3. The number of hydrogen-bond donors (Lipinski definition) is 7. The number of phenols is 4. The summed E-state index contributed by atoms with van der Waals surface area (Å²) in [6.45, 7) is -0.345. The maximum Gasteiger partial charge on any atom is 0.229 e. The lowest BCUT2D eigenvalue weighted by Crippen LogP contribution is -2.54.